The zero-order valence-electron chi connectivity index (χ0n) is 21.3. The van der Waals surface area contributed by atoms with E-state index in [-0.39, 0.29) is 5.91 Å². The fraction of sp³-hybridized carbons (Fsp3) is 0.250. The van der Waals surface area contributed by atoms with Crippen molar-refractivity contribution in [3.05, 3.63) is 113 Å². The standard InChI is InChI=1S/C32H35N3O/c1-4-29(26-10-6-5-7-11-26)32(23(2)14-20-30-24(3)22-33-35-30)27-18-15-25(16-19-27)17-21-31(36)34-28-12-8-9-13-28/h5-7,10-11,14-22,28H,2,4,8-9,12-13H2,1,3H3,(H,33,35)(H,34,36)/b20-14-,21-17+,32-29-. The third kappa shape index (κ3) is 6.39. The summed E-state index contributed by atoms with van der Waals surface area (Å²) >= 11 is 0. The molecule has 0 bridgehead atoms. The van der Waals surface area contributed by atoms with Crippen LogP contribution in [-0.2, 0) is 4.79 Å². The smallest absolute Gasteiger partial charge is 0.244 e. The quantitative estimate of drug-likeness (QED) is 0.192. The first kappa shape index (κ1) is 25.2. The number of aromatic nitrogens is 2. The van der Waals surface area contributed by atoms with Gasteiger partial charge in [0.05, 0.1) is 11.9 Å². The number of rotatable bonds is 9. The topological polar surface area (TPSA) is 57.8 Å². The van der Waals surface area contributed by atoms with Crippen molar-refractivity contribution in [1.29, 1.82) is 0 Å². The van der Waals surface area contributed by atoms with Gasteiger partial charge in [0.2, 0.25) is 5.91 Å². The number of aryl methyl sites for hydroxylation is 1. The number of carbonyl (C=O) groups excluding carboxylic acids is 1. The van der Waals surface area contributed by atoms with Crippen molar-refractivity contribution >= 4 is 29.2 Å². The fourth-order valence-electron chi connectivity index (χ4n) is 4.76. The molecule has 3 aromatic rings. The summed E-state index contributed by atoms with van der Waals surface area (Å²) < 4.78 is 0. The second kappa shape index (κ2) is 12.2. The highest BCUT2D eigenvalue weighted by Gasteiger charge is 2.16. The summed E-state index contributed by atoms with van der Waals surface area (Å²) in [5.74, 6) is -0.0171. The Hall–Kier alpha value is -3.92. The fourth-order valence-corrected chi connectivity index (χ4v) is 4.76. The number of nitrogens with zero attached hydrogens (tertiary/aromatic N) is 1. The Kier molecular flexibility index (Phi) is 8.51. The van der Waals surface area contributed by atoms with Crippen molar-refractivity contribution in [2.45, 2.75) is 52.0 Å². The highest BCUT2D eigenvalue weighted by molar-refractivity contribution is 6.00. The molecule has 2 N–H and O–H groups in total. The van der Waals surface area contributed by atoms with Gasteiger partial charge in [-0.1, -0.05) is 87.0 Å². The molecule has 0 spiro atoms. The molecule has 0 saturated heterocycles. The van der Waals surface area contributed by atoms with E-state index in [0.29, 0.717) is 6.04 Å². The number of hydrogen-bond donors (Lipinski definition) is 2. The van der Waals surface area contributed by atoms with Crippen molar-refractivity contribution in [2.75, 3.05) is 0 Å². The molecular formula is C32H35N3O. The van der Waals surface area contributed by atoms with Gasteiger partial charge in [-0.05, 0) is 77.3 Å². The summed E-state index contributed by atoms with van der Waals surface area (Å²) in [4.78, 5) is 12.3. The zero-order chi connectivity index (χ0) is 25.3. The van der Waals surface area contributed by atoms with E-state index in [4.69, 9.17) is 0 Å². The van der Waals surface area contributed by atoms with Crippen LogP contribution in [0.15, 0.2) is 85.1 Å². The van der Waals surface area contributed by atoms with E-state index in [9.17, 15) is 4.79 Å². The van der Waals surface area contributed by atoms with Crippen LogP contribution in [0.1, 0.15) is 67.0 Å². The third-order valence-electron chi connectivity index (χ3n) is 6.75. The minimum absolute atomic E-state index is 0.0171. The van der Waals surface area contributed by atoms with Crippen molar-refractivity contribution in [3.63, 3.8) is 0 Å². The lowest BCUT2D eigenvalue weighted by Gasteiger charge is -2.16. The van der Waals surface area contributed by atoms with Gasteiger partial charge in [0.15, 0.2) is 0 Å². The Morgan fingerprint density at radius 1 is 1.03 bits per heavy atom. The maximum atomic E-state index is 12.3. The molecule has 4 nitrogen and oxygen atoms in total. The summed E-state index contributed by atoms with van der Waals surface area (Å²) in [6, 6.07) is 19.1. The number of carbonyl (C=O) groups is 1. The molecule has 1 amide bonds. The summed E-state index contributed by atoms with van der Waals surface area (Å²) in [5.41, 5.74) is 8.64. The Morgan fingerprint density at radius 2 is 1.75 bits per heavy atom. The highest BCUT2D eigenvalue weighted by Crippen LogP contribution is 2.34. The second-order valence-corrected chi connectivity index (χ2v) is 9.34. The number of allylic oxidation sites excluding steroid dienone is 4. The van der Waals surface area contributed by atoms with Crippen molar-refractivity contribution in [2.24, 2.45) is 0 Å². The maximum Gasteiger partial charge on any atom is 0.244 e. The van der Waals surface area contributed by atoms with E-state index >= 15 is 0 Å². The Morgan fingerprint density at radius 3 is 2.39 bits per heavy atom. The van der Waals surface area contributed by atoms with Crippen LogP contribution in [0.5, 0.6) is 0 Å². The minimum Gasteiger partial charge on any atom is -0.350 e. The molecule has 1 fully saturated rings. The molecule has 1 aliphatic rings. The van der Waals surface area contributed by atoms with Crippen LogP contribution in [-0.4, -0.2) is 22.1 Å². The van der Waals surface area contributed by atoms with E-state index in [2.05, 4.69) is 83.6 Å². The van der Waals surface area contributed by atoms with Crippen LogP contribution in [0, 0.1) is 6.92 Å². The minimum atomic E-state index is -0.0171. The van der Waals surface area contributed by atoms with E-state index in [1.807, 2.05) is 31.3 Å². The lowest BCUT2D eigenvalue weighted by molar-refractivity contribution is -0.117. The van der Waals surface area contributed by atoms with E-state index in [0.717, 1.165) is 52.8 Å². The molecule has 184 valence electrons. The number of aromatic amines is 1. The molecule has 1 heterocycles. The zero-order valence-corrected chi connectivity index (χ0v) is 21.3. The van der Waals surface area contributed by atoms with Crippen LogP contribution in [0.2, 0.25) is 0 Å². The van der Waals surface area contributed by atoms with E-state index in [1.54, 1.807) is 6.08 Å². The third-order valence-corrected chi connectivity index (χ3v) is 6.75. The predicted molar refractivity (Wildman–Crippen MR) is 151 cm³/mol. The average Bonchev–Trinajstić information content (AvgIpc) is 3.57. The van der Waals surface area contributed by atoms with Gasteiger partial charge in [-0.15, -0.1) is 0 Å². The van der Waals surface area contributed by atoms with Crippen LogP contribution in [0.25, 0.3) is 23.3 Å². The van der Waals surface area contributed by atoms with Crippen molar-refractivity contribution < 1.29 is 4.79 Å². The first-order valence-corrected chi connectivity index (χ1v) is 12.8. The molecule has 1 aliphatic carbocycles. The second-order valence-electron chi connectivity index (χ2n) is 9.34. The number of nitrogens with one attached hydrogen (secondary N) is 2. The SMILES string of the molecule is C=C(/C=C\c1[nH]ncc1C)/C(=C(\CC)c1ccccc1)c1ccc(/C=C/C(=O)NC2CCCC2)cc1. The average molecular weight is 478 g/mol. The van der Waals surface area contributed by atoms with Gasteiger partial charge in [0.1, 0.15) is 0 Å². The van der Waals surface area contributed by atoms with Gasteiger partial charge < -0.3 is 5.32 Å². The van der Waals surface area contributed by atoms with Crippen LogP contribution in [0.4, 0.5) is 0 Å². The van der Waals surface area contributed by atoms with Crippen LogP contribution in [0.3, 0.4) is 0 Å². The normalized spacial score (nSPS) is 14.9. The highest BCUT2D eigenvalue weighted by atomic mass is 16.1. The monoisotopic (exact) mass is 477 g/mol. The van der Waals surface area contributed by atoms with Gasteiger partial charge in [-0.2, -0.15) is 5.10 Å². The molecule has 0 aliphatic heterocycles. The first-order chi connectivity index (χ1) is 17.5. The predicted octanol–water partition coefficient (Wildman–Crippen LogP) is 7.38. The number of benzene rings is 2. The number of hydrogen-bond acceptors (Lipinski definition) is 2. The van der Waals surface area contributed by atoms with Gasteiger partial charge in [-0.3, -0.25) is 9.89 Å². The molecule has 36 heavy (non-hydrogen) atoms. The van der Waals surface area contributed by atoms with Gasteiger partial charge in [0.25, 0.3) is 0 Å². The summed E-state index contributed by atoms with van der Waals surface area (Å²) in [6.45, 7) is 8.65. The molecule has 1 saturated carbocycles. The number of amides is 1. The van der Waals surface area contributed by atoms with Gasteiger partial charge >= 0.3 is 0 Å². The Labute approximate surface area is 214 Å². The maximum absolute atomic E-state index is 12.3. The van der Waals surface area contributed by atoms with E-state index in [1.165, 1.54) is 24.0 Å². The van der Waals surface area contributed by atoms with E-state index < -0.39 is 0 Å². The first-order valence-electron chi connectivity index (χ1n) is 12.8. The van der Waals surface area contributed by atoms with Crippen LogP contribution >= 0.6 is 0 Å². The van der Waals surface area contributed by atoms with Crippen molar-refractivity contribution in [3.8, 4) is 0 Å². The van der Waals surface area contributed by atoms with Crippen molar-refractivity contribution in [1.82, 2.24) is 15.5 Å². The summed E-state index contributed by atoms with van der Waals surface area (Å²) in [6.07, 6.45) is 14.9. The lowest BCUT2D eigenvalue weighted by Crippen LogP contribution is -2.30. The molecule has 0 radical (unpaired) electrons. The Balaban J connectivity index is 1.61. The molecule has 4 heteroatoms. The summed E-state index contributed by atoms with van der Waals surface area (Å²) in [5, 5.41) is 10.3. The molecule has 2 aromatic carbocycles. The molecule has 0 unspecified atom stereocenters. The number of H-pyrrole nitrogens is 1. The van der Waals surface area contributed by atoms with Gasteiger partial charge in [-0.25, -0.2) is 0 Å². The molecule has 4 rings (SSSR count). The largest absolute Gasteiger partial charge is 0.350 e. The molecular weight excluding hydrogens is 442 g/mol. The summed E-state index contributed by atoms with van der Waals surface area (Å²) in [7, 11) is 0. The molecule has 1 aromatic heterocycles. The van der Waals surface area contributed by atoms with Crippen LogP contribution < -0.4 is 5.32 Å². The lowest BCUT2D eigenvalue weighted by atomic mass is 9.88. The van der Waals surface area contributed by atoms with Gasteiger partial charge in [0, 0.05) is 12.1 Å². The molecule has 0 atom stereocenters. The Bertz CT molecular complexity index is 1270.